The number of hydrogen-bond acceptors (Lipinski definition) is 8. The first-order valence-electron chi connectivity index (χ1n) is 11.9. The van der Waals surface area contributed by atoms with Crippen LogP contribution in [0.25, 0.3) is 17.1 Å². The number of carbonyl (C=O) groups is 1. The molecule has 1 atom stereocenters. The second-order valence-corrected chi connectivity index (χ2v) is 9.04. The molecule has 0 saturated heterocycles. The summed E-state index contributed by atoms with van der Waals surface area (Å²) in [7, 11) is 0. The summed E-state index contributed by atoms with van der Waals surface area (Å²) in [6, 6.07) is 12.3. The normalized spacial score (nSPS) is 12.3. The molecular weight excluding hydrogens is 567 g/mol. The van der Waals surface area contributed by atoms with Crippen LogP contribution in [0.2, 0.25) is 5.02 Å². The number of hydrogen-bond donors (Lipinski definition) is 2. The molecule has 41 heavy (non-hydrogen) atoms. The smallest absolute Gasteiger partial charge is 0.382 e. The first kappa shape index (κ1) is 27.7. The summed E-state index contributed by atoms with van der Waals surface area (Å²) in [5.74, 6) is -0.271. The second kappa shape index (κ2) is 11.3. The molecule has 0 bridgehead atoms. The van der Waals surface area contributed by atoms with E-state index in [4.69, 9.17) is 11.6 Å². The van der Waals surface area contributed by atoms with E-state index in [1.165, 1.54) is 66.0 Å². The van der Waals surface area contributed by atoms with Gasteiger partial charge in [0.2, 0.25) is 0 Å². The molecule has 0 radical (unpaired) electrons. The van der Waals surface area contributed by atoms with Crippen LogP contribution >= 0.6 is 11.6 Å². The lowest BCUT2D eigenvalue weighted by atomic mass is 10.2. The fourth-order valence-electron chi connectivity index (χ4n) is 3.78. The molecule has 0 aliphatic heterocycles. The van der Waals surface area contributed by atoms with Crippen molar-refractivity contribution < 1.29 is 23.1 Å². The van der Waals surface area contributed by atoms with Crippen molar-refractivity contribution in [3.05, 3.63) is 100 Å². The predicted octanol–water partition coefficient (Wildman–Crippen LogP) is 2.96. The summed E-state index contributed by atoms with van der Waals surface area (Å²) < 4.78 is 42.3. The Bertz CT molecular complexity index is 1740. The van der Waals surface area contributed by atoms with E-state index in [-0.39, 0.29) is 24.0 Å². The average Bonchev–Trinajstić information content (AvgIpc) is 3.54. The van der Waals surface area contributed by atoms with Crippen molar-refractivity contribution in [2.24, 2.45) is 0 Å². The standard InChI is InChI=1S/C25H19ClF3N9O3/c26-17-5-3-15(4-6-17)22-35-37(24(41)36(22)12-19(39)25(27,28)29)13-20-32-14-38(34-20)18-2-1-9-31-21(18)33-23(40)16-7-10-30-11-8-16/h1-11,14,19,39H,12-13H2,(H,31,33,40)/t19-/m0/s1. The lowest BCUT2D eigenvalue weighted by Gasteiger charge is -2.15. The van der Waals surface area contributed by atoms with Crippen molar-refractivity contribution in [1.82, 2.24) is 39.1 Å². The maximum Gasteiger partial charge on any atom is 0.416 e. The van der Waals surface area contributed by atoms with E-state index in [9.17, 15) is 27.9 Å². The Morgan fingerprint density at radius 1 is 1.02 bits per heavy atom. The minimum atomic E-state index is -4.95. The Hall–Kier alpha value is -4.89. The van der Waals surface area contributed by atoms with E-state index in [1.807, 2.05) is 0 Å². The third-order valence-corrected chi connectivity index (χ3v) is 6.05. The van der Waals surface area contributed by atoms with Gasteiger partial charge in [-0.15, -0.1) is 10.2 Å². The molecule has 210 valence electrons. The van der Waals surface area contributed by atoms with Crippen molar-refractivity contribution in [2.45, 2.75) is 25.4 Å². The molecule has 0 fully saturated rings. The van der Waals surface area contributed by atoms with Gasteiger partial charge >= 0.3 is 11.9 Å². The van der Waals surface area contributed by atoms with Gasteiger partial charge in [0.15, 0.2) is 23.6 Å². The number of aromatic nitrogens is 8. The number of rotatable bonds is 8. The highest BCUT2D eigenvalue weighted by molar-refractivity contribution is 6.30. The lowest BCUT2D eigenvalue weighted by molar-refractivity contribution is -0.207. The van der Waals surface area contributed by atoms with Gasteiger partial charge in [-0.1, -0.05) is 11.6 Å². The number of halogens is 4. The largest absolute Gasteiger partial charge is 0.416 e. The number of nitrogens with zero attached hydrogens (tertiary/aromatic N) is 8. The van der Waals surface area contributed by atoms with E-state index >= 15 is 0 Å². The molecule has 2 N–H and O–H groups in total. The molecule has 4 heterocycles. The van der Waals surface area contributed by atoms with E-state index in [2.05, 4.69) is 30.5 Å². The Morgan fingerprint density at radius 3 is 2.46 bits per heavy atom. The SMILES string of the molecule is O=C(Nc1ncccc1-n1cnc(Cn2nc(-c3ccc(Cl)cc3)n(C[C@H](O)C(F)(F)F)c2=O)n1)c1ccncc1. The van der Waals surface area contributed by atoms with Crippen molar-refractivity contribution in [2.75, 3.05) is 5.32 Å². The Kier molecular flexibility index (Phi) is 7.63. The quantitative estimate of drug-likeness (QED) is 0.283. The Morgan fingerprint density at radius 2 is 1.76 bits per heavy atom. The maximum absolute atomic E-state index is 13.1. The summed E-state index contributed by atoms with van der Waals surface area (Å²) in [6.07, 6.45) is -2.00. The minimum absolute atomic E-state index is 0.0889. The molecule has 1 aromatic carbocycles. The zero-order valence-corrected chi connectivity index (χ0v) is 21.5. The van der Waals surface area contributed by atoms with Gasteiger partial charge in [0.25, 0.3) is 5.91 Å². The summed E-state index contributed by atoms with van der Waals surface area (Å²) in [5.41, 5.74) is 0.115. The van der Waals surface area contributed by atoms with Crippen LogP contribution in [-0.2, 0) is 13.1 Å². The fraction of sp³-hybridized carbons (Fsp3) is 0.160. The molecule has 0 spiro atoms. The molecule has 0 aliphatic rings. The molecule has 5 rings (SSSR count). The fourth-order valence-corrected chi connectivity index (χ4v) is 3.90. The van der Waals surface area contributed by atoms with Gasteiger partial charge in [-0.3, -0.25) is 14.3 Å². The van der Waals surface area contributed by atoms with Crippen LogP contribution in [0.5, 0.6) is 0 Å². The number of aliphatic hydroxyl groups excluding tert-OH is 1. The van der Waals surface area contributed by atoms with E-state index in [1.54, 1.807) is 12.1 Å². The number of benzene rings is 1. The van der Waals surface area contributed by atoms with Gasteiger partial charge < -0.3 is 10.4 Å². The summed E-state index contributed by atoms with van der Waals surface area (Å²) in [4.78, 5) is 38.0. The lowest BCUT2D eigenvalue weighted by Crippen LogP contribution is -2.37. The van der Waals surface area contributed by atoms with Crippen LogP contribution < -0.4 is 11.0 Å². The number of nitrogens with one attached hydrogen (secondary N) is 1. The highest BCUT2D eigenvalue weighted by atomic mass is 35.5. The first-order chi connectivity index (χ1) is 19.6. The van der Waals surface area contributed by atoms with Gasteiger partial charge in [0, 0.05) is 34.7 Å². The van der Waals surface area contributed by atoms with Crippen LogP contribution in [-0.4, -0.2) is 62.4 Å². The van der Waals surface area contributed by atoms with Crippen LogP contribution in [0.4, 0.5) is 19.0 Å². The van der Waals surface area contributed by atoms with Crippen molar-refractivity contribution in [1.29, 1.82) is 0 Å². The second-order valence-electron chi connectivity index (χ2n) is 8.61. The van der Waals surface area contributed by atoms with Crippen LogP contribution in [0.1, 0.15) is 16.2 Å². The number of aliphatic hydroxyl groups is 1. The zero-order valence-electron chi connectivity index (χ0n) is 20.8. The van der Waals surface area contributed by atoms with Crippen LogP contribution in [0.3, 0.4) is 0 Å². The number of amides is 1. The minimum Gasteiger partial charge on any atom is -0.382 e. The van der Waals surface area contributed by atoms with Crippen molar-refractivity contribution in [3.63, 3.8) is 0 Å². The maximum atomic E-state index is 13.1. The number of pyridine rings is 2. The number of alkyl halides is 3. The third kappa shape index (κ3) is 6.15. The molecule has 4 aromatic heterocycles. The monoisotopic (exact) mass is 585 g/mol. The molecule has 16 heteroatoms. The van der Waals surface area contributed by atoms with Gasteiger partial charge in [0.1, 0.15) is 18.6 Å². The van der Waals surface area contributed by atoms with E-state index in [0.717, 1.165) is 9.25 Å². The summed E-state index contributed by atoms with van der Waals surface area (Å²) >= 11 is 5.92. The topological polar surface area (TPSA) is 146 Å². The van der Waals surface area contributed by atoms with E-state index < -0.39 is 30.4 Å². The average molecular weight is 586 g/mol. The number of carbonyl (C=O) groups excluding carboxylic acids is 1. The zero-order chi connectivity index (χ0) is 29.1. The molecule has 0 unspecified atom stereocenters. The number of anilines is 1. The summed E-state index contributed by atoms with van der Waals surface area (Å²) in [5, 5.41) is 21.3. The Labute approximate surface area is 233 Å². The predicted molar refractivity (Wildman–Crippen MR) is 139 cm³/mol. The van der Waals surface area contributed by atoms with Gasteiger partial charge in [-0.2, -0.15) is 13.2 Å². The molecular formula is C25H19ClF3N9O3. The van der Waals surface area contributed by atoms with Crippen molar-refractivity contribution >= 4 is 23.3 Å². The Balaban J connectivity index is 1.44. The van der Waals surface area contributed by atoms with E-state index in [0.29, 0.717) is 21.8 Å². The molecule has 0 saturated carbocycles. The van der Waals surface area contributed by atoms with Gasteiger partial charge in [-0.25, -0.2) is 24.1 Å². The van der Waals surface area contributed by atoms with Gasteiger partial charge in [-0.05, 0) is 48.5 Å². The molecule has 12 nitrogen and oxygen atoms in total. The van der Waals surface area contributed by atoms with Crippen LogP contribution in [0, 0.1) is 0 Å². The highest BCUT2D eigenvalue weighted by Crippen LogP contribution is 2.24. The summed E-state index contributed by atoms with van der Waals surface area (Å²) in [6.45, 7) is -1.38. The molecule has 5 aromatic rings. The van der Waals surface area contributed by atoms with Gasteiger partial charge in [0.05, 0.1) is 6.54 Å². The third-order valence-electron chi connectivity index (χ3n) is 5.80. The first-order valence-corrected chi connectivity index (χ1v) is 12.2. The highest BCUT2D eigenvalue weighted by Gasteiger charge is 2.39. The molecule has 0 aliphatic carbocycles. The van der Waals surface area contributed by atoms with Crippen molar-refractivity contribution in [3.8, 4) is 17.1 Å². The molecule has 1 amide bonds. The van der Waals surface area contributed by atoms with Crippen LogP contribution in [0.15, 0.2) is 78.2 Å².